The summed E-state index contributed by atoms with van der Waals surface area (Å²) in [5.41, 5.74) is 0.648. The fourth-order valence-corrected chi connectivity index (χ4v) is 3.04. The molecule has 0 saturated carbocycles. The minimum atomic E-state index is 0.0811. The third-order valence-electron chi connectivity index (χ3n) is 3.07. The number of carbonyl (C=O) groups is 1. The highest BCUT2D eigenvalue weighted by molar-refractivity contribution is 9.09. The number of alkyl halides is 1. The summed E-state index contributed by atoms with van der Waals surface area (Å²) in [5, 5.41) is 0.845. The van der Waals surface area contributed by atoms with Crippen molar-refractivity contribution in [3.05, 3.63) is 24.2 Å². The van der Waals surface area contributed by atoms with Gasteiger partial charge in [0.1, 0.15) is 6.26 Å². The molecule has 3 nitrogen and oxygen atoms in total. The fourth-order valence-electron chi connectivity index (χ4n) is 2.05. The van der Waals surface area contributed by atoms with Crippen molar-refractivity contribution < 1.29 is 9.21 Å². The van der Waals surface area contributed by atoms with Crippen LogP contribution >= 0.6 is 15.9 Å². The number of amides is 1. The Morgan fingerprint density at radius 2 is 2.53 bits per heavy atom. The summed E-state index contributed by atoms with van der Waals surface area (Å²) in [4.78, 5) is 14.0. The van der Waals surface area contributed by atoms with Gasteiger partial charge in [-0.15, -0.1) is 0 Å². The van der Waals surface area contributed by atoms with Crippen molar-refractivity contribution in [2.24, 2.45) is 5.92 Å². The van der Waals surface area contributed by atoms with E-state index in [1.54, 1.807) is 6.07 Å². The Balaban J connectivity index is 2.14. The van der Waals surface area contributed by atoms with E-state index in [-0.39, 0.29) is 5.91 Å². The highest BCUT2D eigenvalue weighted by atomic mass is 79.9. The molecule has 1 aliphatic heterocycles. The van der Waals surface area contributed by atoms with E-state index in [0.717, 1.165) is 18.3 Å². The van der Waals surface area contributed by atoms with Crippen LogP contribution in [0, 0.1) is 5.92 Å². The summed E-state index contributed by atoms with van der Waals surface area (Å²) in [7, 11) is 0. The van der Waals surface area contributed by atoms with Gasteiger partial charge in [-0.3, -0.25) is 4.79 Å². The Morgan fingerprint density at radius 3 is 3.13 bits per heavy atom. The molecule has 4 heteroatoms. The van der Waals surface area contributed by atoms with Gasteiger partial charge in [0.05, 0.1) is 11.8 Å². The molecule has 1 aromatic heterocycles. The van der Waals surface area contributed by atoms with Crippen LogP contribution in [-0.2, 0) is 0 Å². The number of furan rings is 1. The molecule has 0 spiro atoms. The van der Waals surface area contributed by atoms with Crippen LogP contribution in [0.5, 0.6) is 0 Å². The first-order valence-corrected chi connectivity index (χ1v) is 6.25. The number of halogens is 1. The number of carbonyl (C=O) groups excluding carboxylic acids is 1. The Bertz CT molecular complexity index is 336. The zero-order valence-corrected chi connectivity index (χ0v) is 10.2. The van der Waals surface area contributed by atoms with Crippen molar-refractivity contribution in [1.82, 2.24) is 4.90 Å². The fraction of sp³-hybridized carbons (Fsp3) is 0.545. The molecule has 82 valence electrons. The van der Waals surface area contributed by atoms with Crippen molar-refractivity contribution in [2.75, 3.05) is 11.9 Å². The topological polar surface area (TPSA) is 33.5 Å². The van der Waals surface area contributed by atoms with Gasteiger partial charge in [-0.25, -0.2) is 0 Å². The average molecular weight is 272 g/mol. The minimum absolute atomic E-state index is 0.0811. The lowest BCUT2D eigenvalue weighted by Gasteiger charge is -2.24. The summed E-state index contributed by atoms with van der Waals surface area (Å²) in [5.74, 6) is 0.651. The second-order valence-electron chi connectivity index (χ2n) is 4.00. The Hall–Kier alpha value is -0.770. The third kappa shape index (κ3) is 1.95. The third-order valence-corrected chi connectivity index (χ3v) is 3.73. The number of rotatable bonds is 2. The summed E-state index contributed by atoms with van der Waals surface area (Å²) >= 11 is 3.47. The summed E-state index contributed by atoms with van der Waals surface area (Å²) in [6.45, 7) is 3.04. The van der Waals surface area contributed by atoms with E-state index in [1.165, 1.54) is 12.5 Å². The van der Waals surface area contributed by atoms with Crippen LogP contribution in [0.4, 0.5) is 0 Å². The number of hydrogen-bond donors (Lipinski definition) is 0. The van der Waals surface area contributed by atoms with Crippen molar-refractivity contribution in [3.63, 3.8) is 0 Å². The largest absolute Gasteiger partial charge is 0.472 e. The second kappa shape index (κ2) is 4.39. The SMILES string of the molecule is CC1CCN(C(=O)c2ccoc2)C1CBr. The van der Waals surface area contributed by atoms with Crippen LogP contribution in [0.1, 0.15) is 23.7 Å². The van der Waals surface area contributed by atoms with Crippen molar-refractivity contribution in [1.29, 1.82) is 0 Å². The highest BCUT2D eigenvalue weighted by Crippen LogP contribution is 2.26. The molecule has 0 radical (unpaired) electrons. The molecule has 15 heavy (non-hydrogen) atoms. The maximum atomic E-state index is 12.1. The lowest BCUT2D eigenvalue weighted by Crippen LogP contribution is -2.38. The van der Waals surface area contributed by atoms with Crippen molar-refractivity contribution >= 4 is 21.8 Å². The van der Waals surface area contributed by atoms with Crippen LogP contribution < -0.4 is 0 Å². The van der Waals surface area contributed by atoms with E-state index in [9.17, 15) is 4.79 Å². The summed E-state index contributed by atoms with van der Waals surface area (Å²) in [6, 6.07) is 2.03. The van der Waals surface area contributed by atoms with E-state index in [0.29, 0.717) is 17.5 Å². The zero-order valence-electron chi connectivity index (χ0n) is 8.65. The van der Waals surface area contributed by atoms with Crippen LogP contribution in [-0.4, -0.2) is 28.7 Å². The van der Waals surface area contributed by atoms with Crippen LogP contribution in [0.25, 0.3) is 0 Å². The van der Waals surface area contributed by atoms with E-state index in [1.807, 2.05) is 4.90 Å². The maximum absolute atomic E-state index is 12.1. The molecule has 1 aliphatic rings. The molecular formula is C11H14BrNO2. The molecule has 0 N–H and O–H groups in total. The monoisotopic (exact) mass is 271 g/mol. The molecule has 0 bridgehead atoms. The van der Waals surface area contributed by atoms with E-state index in [4.69, 9.17) is 4.42 Å². The first kappa shape index (κ1) is 10.7. The van der Waals surface area contributed by atoms with Crippen LogP contribution in [0.3, 0.4) is 0 Å². The number of nitrogens with zero attached hydrogens (tertiary/aromatic N) is 1. The predicted molar refractivity (Wildman–Crippen MR) is 61.1 cm³/mol. The predicted octanol–water partition coefficient (Wildman–Crippen LogP) is 2.53. The molecule has 1 aromatic rings. The molecule has 0 aromatic carbocycles. The normalized spacial score (nSPS) is 25.9. The molecular weight excluding hydrogens is 258 g/mol. The zero-order chi connectivity index (χ0) is 10.8. The molecule has 2 unspecified atom stereocenters. The van der Waals surface area contributed by atoms with Gasteiger partial charge >= 0.3 is 0 Å². The molecule has 2 rings (SSSR count). The number of likely N-dealkylation sites (tertiary alicyclic amines) is 1. The Kier molecular flexibility index (Phi) is 3.14. The summed E-state index contributed by atoms with van der Waals surface area (Å²) in [6.07, 6.45) is 4.13. The van der Waals surface area contributed by atoms with Gasteiger partial charge in [-0.2, -0.15) is 0 Å². The van der Waals surface area contributed by atoms with Gasteiger partial charge in [0.2, 0.25) is 0 Å². The molecule has 1 saturated heterocycles. The van der Waals surface area contributed by atoms with Gasteiger partial charge in [0, 0.05) is 17.9 Å². The second-order valence-corrected chi connectivity index (χ2v) is 4.65. The van der Waals surface area contributed by atoms with Crippen molar-refractivity contribution in [2.45, 2.75) is 19.4 Å². The van der Waals surface area contributed by atoms with Gasteiger partial charge < -0.3 is 9.32 Å². The standard InChI is InChI=1S/C11H14BrNO2/c1-8-2-4-13(10(8)6-12)11(14)9-3-5-15-7-9/h3,5,7-8,10H,2,4,6H2,1H3. The lowest BCUT2D eigenvalue weighted by molar-refractivity contribution is 0.0738. The minimum Gasteiger partial charge on any atom is -0.472 e. The molecule has 1 fully saturated rings. The first-order chi connectivity index (χ1) is 7.24. The maximum Gasteiger partial charge on any atom is 0.257 e. The van der Waals surface area contributed by atoms with Crippen LogP contribution in [0.15, 0.2) is 23.0 Å². The Labute approximate surface area is 97.6 Å². The Morgan fingerprint density at radius 1 is 1.73 bits per heavy atom. The summed E-state index contributed by atoms with van der Waals surface area (Å²) < 4.78 is 4.93. The van der Waals surface area contributed by atoms with Gasteiger partial charge in [-0.1, -0.05) is 22.9 Å². The average Bonchev–Trinajstić information content (AvgIpc) is 2.85. The van der Waals surface area contributed by atoms with Gasteiger partial charge in [0.15, 0.2) is 0 Å². The highest BCUT2D eigenvalue weighted by Gasteiger charge is 2.34. The lowest BCUT2D eigenvalue weighted by atomic mass is 10.1. The van der Waals surface area contributed by atoms with E-state index < -0.39 is 0 Å². The van der Waals surface area contributed by atoms with Crippen LogP contribution in [0.2, 0.25) is 0 Å². The molecule has 1 amide bonds. The van der Waals surface area contributed by atoms with E-state index >= 15 is 0 Å². The smallest absolute Gasteiger partial charge is 0.257 e. The van der Waals surface area contributed by atoms with Crippen molar-refractivity contribution in [3.8, 4) is 0 Å². The number of hydrogen-bond acceptors (Lipinski definition) is 2. The van der Waals surface area contributed by atoms with Gasteiger partial charge in [-0.05, 0) is 18.4 Å². The van der Waals surface area contributed by atoms with Gasteiger partial charge in [0.25, 0.3) is 5.91 Å². The first-order valence-electron chi connectivity index (χ1n) is 5.13. The quantitative estimate of drug-likeness (QED) is 0.775. The molecule has 0 aliphatic carbocycles. The van der Waals surface area contributed by atoms with E-state index in [2.05, 4.69) is 22.9 Å². The molecule has 2 atom stereocenters. The molecule has 2 heterocycles.